The number of methoxy groups -OCH3 is 2. The van der Waals surface area contributed by atoms with Crippen LogP contribution in [0, 0.1) is 0 Å². The molecule has 24 heavy (non-hydrogen) atoms. The molecule has 0 unspecified atom stereocenters. The number of hydrogen-bond acceptors (Lipinski definition) is 7. The average molecular weight is 348 g/mol. The van der Waals surface area contributed by atoms with Crippen molar-refractivity contribution in [2.24, 2.45) is 0 Å². The standard InChI is InChI=1S/C17H16O6S/c1-4-12(24)22-8-9-7-11(18)13-14(19-2)10-5-6-21-15(10)17(20-3)16(13)23-9/h5-7H,4,8H2,1-3H3. The van der Waals surface area contributed by atoms with Crippen LogP contribution >= 0.6 is 12.2 Å². The highest BCUT2D eigenvalue weighted by molar-refractivity contribution is 7.80. The van der Waals surface area contributed by atoms with Gasteiger partial charge < -0.3 is 23.0 Å². The van der Waals surface area contributed by atoms with Crippen LogP contribution in [0.25, 0.3) is 21.9 Å². The maximum absolute atomic E-state index is 12.6. The molecule has 126 valence electrons. The molecule has 2 aromatic heterocycles. The monoisotopic (exact) mass is 348 g/mol. The third-order valence-corrected chi connectivity index (χ3v) is 4.03. The highest BCUT2D eigenvalue weighted by Crippen LogP contribution is 2.41. The van der Waals surface area contributed by atoms with Crippen LogP contribution in [0.5, 0.6) is 11.5 Å². The van der Waals surface area contributed by atoms with E-state index in [1.807, 2.05) is 6.92 Å². The second-order valence-corrected chi connectivity index (χ2v) is 5.48. The summed E-state index contributed by atoms with van der Waals surface area (Å²) < 4.78 is 27.5. The molecule has 1 aromatic carbocycles. The van der Waals surface area contributed by atoms with Gasteiger partial charge in [0.05, 0.1) is 25.9 Å². The fraction of sp³-hybridized carbons (Fsp3) is 0.294. The summed E-state index contributed by atoms with van der Waals surface area (Å²) in [4.78, 5) is 12.6. The van der Waals surface area contributed by atoms with Gasteiger partial charge in [0.1, 0.15) is 23.5 Å². The molecule has 0 saturated carbocycles. The molecule has 0 aliphatic heterocycles. The molecule has 0 N–H and O–H groups in total. The molecule has 0 bridgehead atoms. The molecule has 3 aromatic rings. The van der Waals surface area contributed by atoms with Crippen LogP contribution in [0.3, 0.4) is 0 Å². The normalized spacial score (nSPS) is 11.0. The third kappa shape index (κ3) is 2.60. The first-order valence-electron chi connectivity index (χ1n) is 7.34. The fourth-order valence-electron chi connectivity index (χ4n) is 2.54. The third-order valence-electron chi connectivity index (χ3n) is 3.62. The van der Waals surface area contributed by atoms with E-state index in [1.165, 1.54) is 26.5 Å². The molecule has 0 spiro atoms. The van der Waals surface area contributed by atoms with Gasteiger partial charge in [0, 0.05) is 12.5 Å². The molecule has 0 fully saturated rings. The molecular formula is C17H16O6S. The maximum atomic E-state index is 12.6. The number of benzene rings is 1. The summed E-state index contributed by atoms with van der Waals surface area (Å²) in [6.07, 6.45) is 2.11. The van der Waals surface area contributed by atoms with Crippen LogP contribution in [0.1, 0.15) is 19.1 Å². The van der Waals surface area contributed by atoms with Crippen LogP contribution in [0.4, 0.5) is 0 Å². The van der Waals surface area contributed by atoms with Gasteiger partial charge in [-0.15, -0.1) is 0 Å². The zero-order chi connectivity index (χ0) is 17.3. The van der Waals surface area contributed by atoms with Gasteiger partial charge in [-0.05, 0) is 18.3 Å². The van der Waals surface area contributed by atoms with Gasteiger partial charge in [-0.25, -0.2) is 0 Å². The molecule has 0 aliphatic rings. The predicted molar refractivity (Wildman–Crippen MR) is 93.0 cm³/mol. The fourth-order valence-corrected chi connectivity index (χ4v) is 2.60. The van der Waals surface area contributed by atoms with Gasteiger partial charge in [0.25, 0.3) is 0 Å². The molecule has 3 rings (SSSR count). The van der Waals surface area contributed by atoms with Crippen molar-refractivity contribution < 1.29 is 23.0 Å². The van der Waals surface area contributed by atoms with Crippen LogP contribution in [-0.2, 0) is 11.3 Å². The smallest absolute Gasteiger partial charge is 0.206 e. The Morgan fingerprint density at radius 1 is 1.21 bits per heavy atom. The van der Waals surface area contributed by atoms with Crippen molar-refractivity contribution in [1.29, 1.82) is 0 Å². The van der Waals surface area contributed by atoms with Crippen LogP contribution in [0.2, 0.25) is 0 Å². The Kier molecular flexibility index (Phi) is 4.44. The minimum Gasteiger partial charge on any atom is -0.495 e. The zero-order valence-electron chi connectivity index (χ0n) is 13.5. The van der Waals surface area contributed by atoms with Gasteiger partial charge >= 0.3 is 0 Å². The van der Waals surface area contributed by atoms with E-state index < -0.39 is 0 Å². The molecule has 0 radical (unpaired) electrons. The molecule has 0 amide bonds. The molecule has 7 heteroatoms. The number of rotatable bonds is 5. The van der Waals surface area contributed by atoms with E-state index in [-0.39, 0.29) is 17.6 Å². The van der Waals surface area contributed by atoms with Crippen molar-refractivity contribution >= 4 is 39.2 Å². The average Bonchev–Trinajstić information content (AvgIpc) is 3.06. The van der Waals surface area contributed by atoms with E-state index in [4.69, 9.17) is 35.3 Å². The van der Waals surface area contributed by atoms with Crippen molar-refractivity contribution in [2.75, 3.05) is 14.2 Å². The molecule has 0 aliphatic carbocycles. The Balaban J connectivity index is 2.27. The minimum atomic E-state index is -0.254. The summed E-state index contributed by atoms with van der Waals surface area (Å²) >= 11 is 5.02. The largest absolute Gasteiger partial charge is 0.495 e. The van der Waals surface area contributed by atoms with Gasteiger partial charge in [-0.1, -0.05) is 6.92 Å². The Labute approximate surface area is 142 Å². The first-order valence-corrected chi connectivity index (χ1v) is 7.75. The first-order chi connectivity index (χ1) is 11.6. The Morgan fingerprint density at radius 3 is 2.62 bits per heavy atom. The lowest BCUT2D eigenvalue weighted by Gasteiger charge is -2.11. The Bertz CT molecular complexity index is 969. The molecule has 0 saturated heterocycles. The van der Waals surface area contributed by atoms with E-state index >= 15 is 0 Å². The number of furan rings is 1. The molecule has 0 atom stereocenters. The summed E-state index contributed by atoms with van der Waals surface area (Å²) in [5.41, 5.74) is 0.452. The van der Waals surface area contributed by atoms with E-state index in [2.05, 4.69) is 0 Å². The van der Waals surface area contributed by atoms with E-state index in [0.717, 1.165) is 0 Å². The molecule has 6 nitrogen and oxygen atoms in total. The lowest BCUT2D eigenvalue weighted by atomic mass is 10.1. The summed E-state index contributed by atoms with van der Waals surface area (Å²) in [5.74, 6) is 1.07. The quantitative estimate of drug-likeness (QED) is 0.649. The minimum absolute atomic E-state index is 0.0690. The first kappa shape index (κ1) is 16.3. The van der Waals surface area contributed by atoms with E-state index in [0.29, 0.717) is 45.1 Å². The Hall–Kier alpha value is -2.54. The number of thiocarbonyl (C=S) groups is 1. The zero-order valence-corrected chi connectivity index (χ0v) is 14.3. The summed E-state index contributed by atoms with van der Waals surface area (Å²) in [6, 6.07) is 3.08. The maximum Gasteiger partial charge on any atom is 0.206 e. The van der Waals surface area contributed by atoms with E-state index in [9.17, 15) is 4.79 Å². The number of hydrogen-bond donors (Lipinski definition) is 0. The van der Waals surface area contributed by atoms with Gasteiger partial charge in [0.2, 0.25) is 5.75 Å². The highest BCUT2D eigenvalue weighted by atomic mass is 32.1. The second-order valence-electron chi connectivity index (χ2n) is 5.03. The lowest BCUT2D eigenvalue weighted by molar-refractivity contribution is 0.259. The van der Waals surface area contributed by atoms with Crippen molar-refractivity contribution in [3.05, 3.63) is 34.4 Å². The SMILES string of the molecule is CCC(=S)OCc1cc(=O)c2c(OC)c3ccoc3c(OC)c2o1. The van der Waals surface area contributed by atoms with E-state index in [1.54, 1.807) is 6.07 Å². The van der Waals surface area contributed by atoms with Crippen molar-refractivity contribution in [1.82, 2.24) is 0 Å². The van der Waals surface area contributed by atoms with Gasteiger partial charge in [-0.2, -0.15) is 0 Å². The number of fused-ring (bicyclic) bond motifs is 2. The van der Waals surface area contributed by atoms with Crippen LogP contribution in [-0.4, -0.2) is 19.3 Å². The molecular weight excluding hydrogens is 332 g/mol. The van der Waals surface area contributed by atoms with Crippen molar-refractivity contribution in [2.45, 2.75) is 20.0 Å². The van der Waals surface area contributed by atoms with Crippen molar-refractivity contribution in [3.8, 4) is 11.5 Å². The second kappa shape index (κ2) is 6.52. The van der Waals surface area contributed by atoms with Crippen molar-refractivity contribution in [3.63, 3.8) is 0 Å². The summed E-state index contributed by atoms with van der Waals surface area (Å²) in [5, 5.41) is 1.39. The van der Waals surface area contributed by atoms with Crippen LogP contribution < -0.4 is 14.9 Å². The topological polar surface area (TPSA) is 71.0 Å². The van der Waals surface area contributed by atoms with Gasteiger partial charge in [-0.3, -0.25) is 4.79 Å². The van der Waals surface area contributed by atoms with Gasteiger partial charge in [0.15, 0.2) is 21.6 Å². The van der Waals surface area contributed by atoms with Crippen LogP contribution in [0.15, 0.2) is 32.0 Å². The summed E-state index contributed by atoms with van der Waals surface area (Å²) in [7, 11) is 2.97. The molecule has 2 heterocycles. The Morgan fingerprint density at radius 2 is 1.96 bits per heavy atom. The lowest BCUT2D eigenvalue weighted by Crippen LogP contribution is -2.07. The predicted octanol–water partition coefficient (Wildman–Crippen LogP) is 3.81. The summed E-state index contributed by atoms with van der Waals surface area (Å²) in [6.45, 7) is 1.96. The highest BCUT2D eigenvalue weighted by Gasteiger charge is 2.22. The number of ether oxygens (including phenoxy) is 3.